The zero-order valence-electron chi connectivity index (χ0n) is 10.4. The van der Waals surface area contributed by atoms with Crippen LogP contribution in [0.2, 0.25) is 0 Å². The molecule has 5 nitrogen and oxygen atoms in total. The fourth-order valence-electron chi connectivity index (χ4n) is 1.64. The molecule has 0 amide bonds. The summed E-state index contributed by atoms with van der Waals surface area (Å²) >= 11 is 0. The smallest absolute Gasteiger partial charge is 0.244 e. The second-order valence-corrected chi connectivity index (χ2v) is 5.84. The van der Waals surface area contributed by atoms with Gasteiger partial charge in [0.05, 0.1) is 11.6 Å². The maximum Gasteiger partial charge on any atom is 0.244 e. The van der Waals surface area contributed by atoms with Crippen LogP contribution < -0.4 is 4.72 Å². The molecule has 0 radical (unpaired) electrons. The minimum absolute atomic E-state index is 0.0857. The van der Waals surface area contributed by atoms with Gasteiger partial charge in [-0.2, -0.15) is 5.26 Å². The van der Waals surface area contributed by atoms with E-state index in [4.69, 9.17) is 5.26 Å². The van der Waals surface area contributed by atoms with Crippen LogP contribution in [0.5, 0.6) is 5.75 Å². The summed E-state index contributed by atoms with van der Waals surface area (Å²) in [5.74, 6) is -0.292. The number of phenols is 1. The molecule has 0 aliphatic heterocycles. The van der Waals surface area contributed by atoms with E-state index in [1.807, 2.05) is 6.07 Å². The third-order valence-corrected chi connectivity index (χ3v) is 4.15. The predicted molar refractivity (Wildman–Crippen MR) is 73.3 cm³/mol. The van der Waals surface area contributed by atoms with Gasteiger partial charge in [-0.1, -0.05) is 24.3 Å². The van der Waals surface area contributed by atoms with Crippen molar-refractivity contribution in [1.29, 1.82) is 5.26 Å². The van der Waals surface area contributed by atoms with Crippen LogP contribution in [0, 0.1) is 11.3 Å². The lowest BCUT2D eigenvalue weighted by molar-refractivity contribution is 0.458. The van der Waals surface area contributed by atoms with E-state index in [-0.39, 0.29) is 17.2 Å². The normalized spacial score (nSPS) is 10.9. The summed E-state index contributed by atoms with van der Waals surface area (Å²) in [6.45, 7) is 0.0857. The molecule has 0 saturated carbocycles. The number of rotatable bonds is 4. The van der Waals surface area contributed by atoms with Crippen molar-refractivity contribution in [1.82, 2.24) is 4.72 Å². The molecule has 6 heteroatoms. The van der Waals surface area contributed by atoms with Crippen LogP contribution in [0.3, 0.4) is 0 Å². The molecule has 0 aliphatic carbocycles. The van der Waals surface area contributed by atoms with Crippen LogP contribution in [0.15, 0.2) is 53.4 Å². The van der Waals surface area contributed by atoms with Crippen molar-refractivity contribution in [3.05, 3.63) is 59.7 Å². The molecule has 0 aromatic heterocycles. The number of nitriles is 1. The monoisotopic (exact) mass is 288 g/mol. The van der Waals surface area contributed by atoms with Crippen LogP contribution in [0.25, 0.3) is 0 Å². The molecule has 2 rings (SSSR count). The quantitative estimate of drug-likeness (QED) is 0.896. The zero-order chi connectivity index (χ0) is 14.6. The van der Waals surface area contributed by atoms with Gasteiger partial charge in [0.2, 0.25) is 10.0 Å². The molecule has 0 fully saturated rings. The Bertz CT molecular complexity index is 747. The van der Waals surface area contributed by atoms with Crippen molar-refractivity contribution in [3.8, 4) is 11.8 Å². The van der Waals surface area contributed by atoms with E-state index in [1.165, 1.54) is 18.2 Å². The average Bonchev–Trinajstić information content (AvgIpc) is 2.46. The SMILES string of the molecule is N#Cc1ccc(CNS(=O)(=O)c2ccccc2O)cc1. The summed E-state index contributed by atoms with van der Waals surface area (Å²) in [7, 11) is -3.77. The Labute approximate surface area is 117 Å². The summed E-state index contributed by atoms with van der Waals surface area (Å²) in [5.41, 5.74) is 1.24. The molecule has 2 aromatic rings. The number of hydrogen-bond acceptors (Lipinski definition) is 4. The summed E-state index contributed by atoms with van der Waals surface area (Å²) in [5, 5.41) is 18.2. The van der Waals surface area contributed by atoms with Crippen LogP contribution >= 0.6 is 0 Å². The standard InChI is InChI=1S/C14H12N2O3S/c15-9-11-5-7-12(8-6-11)10-16-20(18,19)14-4-2-1-3-13(14)17/h1-8,16-17H,10H2. The molecule has 0 saturated heterocycles. The molecule has 0 unspecified atom stereocenters. The van der Waals surface area contributed by atoms with E-state index < -0.39 is 10.0 Å². The maximum atomic E-state index is 12.0. The van der Waals surface area contributed by atoms with E-state index >= 15 is 0 Å². The van der Waals surface area contributed by atoms with Gasteiger partial charge in [0.1, 0.15) is 10.6 Å². The molecule has 20 heavy (non-hydrogen) atoms. The summed E-state index contributed by atoms with van der Waals surface area (Å²) in [6, 6.07) is 14.3. The number of benzene rings is 2. The number of nitrogens with zero attached hydrogens (tertiary/aromatic N) is 1. The molecule has 0 heterocycles. The highest BCUT2D eigenvalue weighted by atomic mass is 32.2. The number of phenolic OH excluding ortho intramolecular Hbond substituents is 1. The second kappa shape index (κ2) is 5.74. The first-order chi connectivity index (χ1) is 9.53. The molecule has 0 aliphatic rings. The first kappa shape index (κ1) is 14.1. The van der Waals surface area contributed by atoms with E-state index in [2.05, 4.69) is 4.72 Å². The van der Waals surface area contributed by atoms with Gasteiger partial charge < -0.3 is 5.11 Å². The van der Waals surface area contributed by atoms with E-state index in [1.54, 1.807) is 30.3 Å². The Morgan fingerprint density at radius 2 is 1.75 bits per heavy atom. The van der Waals surface area contributed by atoms with Crippen molar-refractivity contribution in [2.45, 2.75) is 11.4 Å². The predicted octanol–water partition coefficient (Wildman–Crippen LogP) is 1.74. The van der Waals surface area contributed by atoms with Gasteiger partial charge in [-0.15, -0.1) is 0 Å². The van der Waals surface area contributed by atoms with Gasteiger partial charge >= 0.3 is 0 Å². The third-order valence-electron chi connectivity index (χ3n) is 2.70. The molecule has 2 aromatic carbocycles. The van der Waals surface area contributed by atoms with Gasteiger partial charge in [0, 0.05) is 6.54 Å². The number of para-hydroxylation sites is 1. The minimum atomic E-state index is -3.77. The fraction of sp³-hybridized carbons (Fsp3) is 0.0714. The van der Waals surface area contributed by atoms with Crippen LogP contribution in [0.4, 0.5) is 0 Å². The van der Waals surface area contributed by atoms with Gasteiger partial charge in [-0.25, -0.2) is 13.1 Å². The average molecular weight is 288 g/mol. The first-order valence-electron chi connectivity index (χ1n) is 5.79. The van der Waals surface area contributed by atoms with E-state index in [0.29, 0.717) is 5.56 Å². The Morgan fingerprint density at radius 1 is 1.10 bits per heavy atom. The number of nitrogens with one attached hydrogen (secondary N) is 1. The van der Waals surface area contributed by atoms with Crippen molar-refractivity contribution < 1.29 is 13.5 Å². The molecule has 0 spiro atoms. The molecular formula is C14H12N2O3S. The highest BCUT2D eigenvalue weighted by Crippen LogP contribution is 2.21. The number of hydrogen-bond donors (Lipinski definition) is 2. The number of sulfonamides is 1. The lowest BCUT2D eigenvalue weighted by Gasteiger charge is -2.08. The molecular weight excluding hydrogens is 276 g/mol. The van der Waals surface area contributed by atoms with Crippen molar-refractivity contribution >= 4 is 10.0 Å². The van der Waals surface area contributed by atoms with Gasteiger partial charge in [0.15, 0.2) is 0 Å². The highest BCUT2D eigenvalue weighted by Gasteiger charge is 2.17. The Hall–Kier alpha value is -2.36. The largest absolute Gasteiger partial charge is 0.507 e. The second-order valence-electron chi connectivity index (χ2n) is 4.10. The number of aromatic hydroxyl groups is 1. The lowest BCUT2D eigenvalue weighted by Crippen LogP contribution is -2.23. The van der Waals surface area contributed by atoms with E-state index in [0.717, 1.165) is 5.56 Å². The molecule has 0 atom stereocenters. The van der Waals surface area contributed by atoms with Crippen molar-refractivity contribution in [3.63, 3.8) is 0 Å². The van der Waals surface area contributed by atoms with Crippen molar-refractivity contribution in [2.24, 2.45) is 0 Å². The van der Waals surface area contributed by atoms with Crippen LogP contribution in [-0.2, 0) is 16.6 Å². The van der Waals surface area contributed by atoms with Gasteiger partial charge in [0.25, 0.3) is 0 Å². The van der Waals surface area contributed by atoms with Crippen molar-refractivity contribution in [2.75, 3.05) is 0 Å². The summed E-state index contributed by atoms with van der Waals surface area (Å²) in [4.78, 5) is -0.159. The lowest BCUT2D eigenvalue weighted by atomic mass is 10.1. The van der Waals surface area contributed by atoms with Crippen LogP contribution in [-0.4, -0.2) is 13.5 Å². The Morgan fingerprint density at radius 3 is 2.35 bits per heavy atom. The fourth-order valence-corrected chi connectivity index (χ4v) is 2.75. The zero-order valence-corrected chi connectivity index (χ0v) is 11.3. The summed E-state index contributed by atoms with van der Waals surface area (Å²) < 4.78 is 26.5. The first-order valence-corrected chi connectivity index (χ1v) is 7.28. The van der Waals surface area contributed by atoms with E-state index in [9.17, 15) is 13.5 Å². The Balaban J connectivity index is 2.13. The summed E-state index contributed by atoms with van der Waals surface area (Å²) in [6.07, 6.45) is 0. The van der Waals surface area contributed by atoms with Crippen LogP contribution in [0.1, 0.15) is 11.1 Å². The molecule has 2 N–H and O–H groups in total. The Kier molecular flexibility index (Phi) is 4.03. The maximum absolute atomic E-state index is 12.0. The third kappa shape index (κ3) is 3.15. The molecule has 0 bridgehead atoms. The highest BCUT2D eigenvalue weighted by molar-refractivity contribution is 7.89. The van der Waals surface area contributed by atoms with Gasteiger partial charge in [-0.3, -0.25) is 0 Å². The van der Waals surface area contributed by atoms with Gasteiger partial charge in [-0.05, 0) is 29.8 Å². The minimum Gasteiger partial charge on any atom is -0.507 e. The molecule has 102 valence electrons. The topological polar surface area (TPSA) is 90.2 Å².